The number of hydrogen-bond acceptors (Lipinski definition) is 3. The average Bonchev–Trinajstić information content (AvgIpc) is 2.46. The van der Waals surface area contributed by atoms with Crippen LogP contribution in [-0.2, 0) is 0 Å². The van der Waals surface area contributed by atoms with Crippen molar-refractivity contribution in [3.05, 3.63) is 33.9 Å². The zero-order chi connectivity index (χ0) is 14.5. The topological polar surface area (TPSA) is 25.4 Å². The van der Waals surface area contributed by atoms with Crippen LogP contribution in [0.25, 0.3) is 10.9 Å². The first-order valence-corrected chi connectivity index (χ1v) is 7.92. The van der Waals surface area contributed by atoms with Gasteiger partial charge in [-0.15, -0.1) is 0 Å². The number of rotatable bonds is 6. The Hall–Kier alpha value is -0.840. The zero-order valence-corrected chi connectivity index (χ0v) is 14.0. The molecule has 0 unspecified atom stereocenters. The van der Waals surface area contributed by atoms with Gasteiger partial charge in [0.1, 0.15) is 12.1 Å². The number of halogens is 2. The van der Waals surface area contributed by atoms with E-state index in [0.717, 1.165) is 40.8 Å². The molecule has 0 aliphatic carbocycles. The van der Waals surface area contributed by atoms with E-state index in [-0.39, 0.29) is 0 Å². The predicted octanol–water partition coefficient (Wildman–Crippen LogP) is 4.37. The second kappa shape index (κ2) is 7.25. The third-order valence-electron chi connectivity index (χ3n) is 3.30. The lowest BCUT2D eigenvalue weighted by atomic mass is 10.2. The van der Waals surface area contributed by atoms with Crippen molar-refractivity contribution in [3.8, 4) is 5.75 Å². The van der Waals surface area contributed by atoms with Crippen molar-refractivity contribution in [2.24, 2.45) is 0 Å². The van der Waals surface area contributed by atoms with Gasteiger partial charge in [-0.2, -0.15) is 0 Å². The molecule has 3 nitrogen and oxygen atoms in total. The third-order valence-corrected chi connectivity index (χ3v) is 4.20. The highest BCUT2D eigenvalue weighted by molar-refractivity contribution is 9.10. The normalized spacial score (nSPS) is 11.2. The van der Waals surface area contributed by atoms with Crippen molar-refractivity contribution in [1.82, 2.24) is 9.88 Å². The Labute approximate surface area is 133 Å². The average molecular weight is 358 g/mol. The molecule has 2 aromatic rings. The molecule has 0 saturated heterocycles. The smallest absolute Gasteiger partial charge is 0.159 e. The van der Waals surface area contributed by atoms with Crippen molar-refractivity contribution in [1.29, 1.82) is 0 Å². The summed E-state index contributed by atoms with van der Waals surface area (Å²) in [7, 11) is 0. The monoisotopic (exact) mass is 356 g/mol. The van der Waals surface area contributed by atoms with E-state index in [0.29, 0.717) is 11.6 Å². The van der Waals surface area contributed by atoms with Crippen LogP contribution in [-0.4, -0.2) is 36.1 Å². The third kappa shape index (κ3) is 3.43. The Kier molecular flexibility index (Phi) is 5.64. The lowest BCUT2D eigenvalue weighted by Crippen LogP contribution is -2.28. The summed E-state index contributed by atoms with van der Waals surface area (Å²) < 4.78 is 6.77. The van der Waals surface area contributed by atoms with Crippen molar-refractivity contribution in [2.45, 2.75) is 13.8 Å². The first-order valence-electron chi connectivity index (χ1n) is 6.75. The molecular weight excluding hydrogens is 340 g/mol. The van der Waals surface area contributed by atoms with Crippen LogP contribution in [0.3, 0.4) is 0 Å². The molecule has 108 valence electrons. The highest BCUT2D eigenvalue weighted by Crippen LogP contribution is 2.36. The van der Waals surface area contributed by atoms with E-state index in [1.165, 1.54) is 0 Å². The number of pyridine rings is 1. The van der Waals surface area contributed by atoms with Gasteiger partial charge in [-0.1, -0.05) is 25.4 Å². The minimum absolute atomic E-state index is 0.633. The maximum absolute atomic E-state index is 6.23. The fourth-order valence-electron chi connectivity index (χ4n) is 2.10. The molecular formula is C15H18BrClN2O. The predicted molar refractivity (Wildman–Crippen MR) is 87.7 cm³/mol. The summed E-state index contributed by atoms with van der Waals surface area (Å²) in [5, 5.41) is 1.59. The number of aromatic nitrogens is 1. The van der Waals surface area contributed by atoms with E-state index in [2.05, 4.69) is 39.7 Å². The SMILES string of the molecule is CCN(CC)CCOc1c(Br)cc(Cl)c2cccnc12. The fraction of sp³-hybridized carbons (Fsp3) is 0.400. The van der Waals surface area contributed by atoms with E-state index in [9.17, 15) is 0 Å². The first-order chi connectivity index (χ1) is 9.67. The van der Waals surface area contributed by atoms with Crippen LogP contribution < -0.4 is 4.74 Å². The van der Waals surface area contributed by atoms with Crippen LogP contribution in [0.5, 0.6) is 5.75 Å². The molecule has 5 heteroatoms. The molecule has 0 fully saturated rings. The van der Waals surface area contributed by atoms with Crippen LogP contribution >= 0.6 is 27.5 Å². The van der Waals surface area contributed by atoms with Gasteiger partial charge in [-0.05, 0) is 47.2 Å². The maximum Gasteiger partial charge on any atom is 0.159 e. The molecule has 0 amide bonds. The Bertz CT molecular complexity index is 587. The second-order valence-corrected chi connectivity index (χ2v) is 5.71. The molecule has 1 aromatic carbocycles. The minimum atomic E-state index is 0.633. The Balaban J connectivity index is 2.21. The molecule has 1 heterocycles. The van der Waals surface area contributed by atoms with Crippen molar-refractivity contribution >= 4 is 38.4 Å². The summed E-state index contributed by atoms with van der Waals surface area (Å²) in [6.45, 7) is 7.89. The fourth-order valence-corrected chi connectivity index (χ4v) is 3.03. The molecule has 20 heavy (non-hydrogen) atoms. The largest absolute Gasteiger partial charge is 0.489 e. The number of fused-ring (bicyclic) bond motifs is 1. The van der Waals surface area contributed by atoms with E-state index in [1.54, 1.807) is 6.20 Å². The number of ether oxygens (including phenoxy) is 1. The molecule has 0 aliphatic heterocycles. The lowest BCUT2D eigenvalue weighted by molar-refractivity contribution is 0.223. The van der Waals surface area contributed by atoms with Gasteiger partial charge in [0.05, 0.1) is 9.50 Å². The van der Waals surface area contributed by atoms with E-state index in [4.69, 9.17) is 16.3 Å². The van der Waals surface area contributed by atoms with E-state index in [1.807, 2.05) is 18.2 Å². The summed E-state index contributed by atoms with van der Waals surface area (Å²) in [4.78, 5) is 6.71. The number of benzene rings is 1. The van der Waals surface area contributed by atoms with Gasteiger partial charge in [0.25, 0.3) is 0 Å². The quantitative estimate of drug-likeness (QED) is 0.767. The highest BCUT2D eigenvalue weighted by Gasteiger charge is 2.12. The first kappa shape index (κ1) is 15.5. The zero-order valence-electron chi connectivity index (χ0n) is 11.7. The van der Waals surface area contributed by atoms with Gasteiger partial charge in [-0.3, -0.25) is 4.98 Å². The molecule has 0 N–H and O–H groups in total. The van der Waals surface area contributed by atoms with Crippen molar-refractivity contribution in [3.63, 3.8) is 0 Å². The van der Waals surface area contributed by atoms with Gasteiger partial charge in [0.2, 0.25) is 0 Å². The van der Waals surface area contributed by atoms with Crippen LogP contribution in [0.1, 0.15) is 13.8 Å². The lowest BCUT2D eigenvalue weighted by Gasteiger charge is -2.19. The maximum atomic E-state index is 6.23. The van der Waals surface area contributed by atoms with Crippen molar-refractivity contribution in [2.75, 3.05) is 26.2 Å². The molecule has 0 spiro atoms. The molecule has 0 saturated carbocycles. The molecule has 1 aromatic heterocycles. The molecule has 0 aliphatic rings. The second-order valence-electron chi connectivity index (χ2n) is 4.44. The van der Waals surface area contributed by atoms with E-state index < -0.39 is 0 Å². The van der Waals surface area contributed by atoms with Gasteiger partial charge in [0.15, 0.2) is 5.75 Å². The Morgan fingerprint density at radius 2 is 2.10 bits per heavy atom. The minimum Gasteiger partial charge on any atom is -0.489 e. The molecule has 0 radical (unpaired) electrons. The van der Waals surface area contributed by atoms with Gasteiger partial charge < -0.3 is 9.64 Å². The van der Waals surface area contributed by atoms with Crippen LogP contribution in [0.2, 0.25) is 5.02 Å². The molecule has 0 bridgehead atoms. The highest BCUT2D eigenvalue weighted by atomic mass is 79.9. The Morgan fingerprint density at radius 3 is 2.80 bits per heavy atom. The summed E-state index contributed by atoms with van der Waals surface area (Å²) >= 11 is 9.74. The molecule has 2 rings (SSSR count). The number of likely N-dealkylation sites (N-methyl/N-ethyl adjacent to an activating group) is 1. The molecule has 0 atom stereocenters. The number of nitrogens with zero attached hydrogens (tertiary/aromatic N) is 2. The summed E-state index contributed by atoms with van der Waals surface area (Å²) in [6, 6.07) is 5.69. The van der Waals surface area contributed by atoms with Crippen LogP contribution in [0, 0.1) is 0 Å². The Morgan fingerprint density at radius 1 is 1.35 bits per heavy atom. The standard InChI is InChI=1S/C15H18BrClN2O/c1-3-19(4-2)8-9-20-15-12(16)10-13(17)11-6-5-7-18-14(11)15/h5-7,10H,3-4,8-9H2,1-2H3. The van der Waals surface area contributed by atoms with Gasteiger partial charge in [-0.25, -0.2) is 0 Å². The van der Waals surface area contributed by atoms with Crippen LogP contribution in [0.15, 0.2) is 28.9 Å². The summed E-state index contributed by atoms with van der Waals surface area (Å²) in [5.74, 6) is 0.761. The van der Waals surface area contributed by atoms with Gasteiger partial charge >= 0.3 is 0 Å². The van der Waals surface area contributed by atoms with Crippen LogP contribution in [0.4, 0.5) is 0 Å². The van der Waals surface area contributed by atoms with Gasteiger partial charge in [0, 0.05) is 18.1 Å². The van der Waals surface area contributed by atoms with Crippen molar-refractivity contribution < 1.29 is 4.74 Å². The summed E-state index contributed by atoms with van der Waals surface area (Å²) in [6.07, 6.45) is 1.75. The van der Waals surface area contributed by atoms with E-state index >= 15 is 0 Å². The number of hydrogen-bond donors (Lipinski definition) is 0. The summed E-state index contributed by atoms with van der Waals surface area (Å²) in [5.41, 5.74) is 0.798.